The van der Waals surface area contributed by atoms with Crippen LogP contribution in [0.3, 0.4) is 0 Å². The van der Waals surface area contributed by atoms with Crippen LogP contribution in [0, 0.1) is 5.92 Å². The number of rotatable bonds is 10. The minimum Gasteiger partial charge on any atom is -0.476 e. The van der Waals surface area contributed by atoms with Gasteiger partial charge in [-0.3, -0.25) is 9.59 Å². The molecule has 1 saturated heterocycles. The fourth-order valence-electron chi connectivity index (χ4n) is 4.65. The summed E-state index contributed by atoms with van der Waals surface area (Å²) in [6.07, 6.45) is 7.91. The van der Waals surface area contributed by atoms with Crippen LogP contribution >= 0.6 is 11.3 Å². The Hall–Kier alpha value is -2.85. The number of thiazole rings is 1. The zero-order chi connectivity index (χ0) is 26.8. The molecule has 3 heterocycles. The third kappa shape index (κ3) is 7.58. The van der Waals surface area contributed by atoms with Gasteiger partial charge in [0.05, 0.1) is 12.0 Å². The van der Waals surface area contributed by atoms with Crippen molar-refractivity contribution >= 4 is 22.9 Å². The summed E-state index contributed by atoms with van der Waals surface area (Å²) in [5, 5.41) is 2.19. The number of Topliss-reactive ketones (excluding diaryl/α,β-unsaturated/α-hetero) is 2. The summed E-state index contributed by atoms with van der Waals surface area (Å²) >= 11 is 1.32. The molecule has 2 aromatic heterocycles. The Morgan fingerprint density at radius 3 is 2.62 bits per heavy atom. The Morgan fingerprint density at radius 2 is 1.97 bits per heavy atom. The first kappa shape index (κ1) is 28.7. The number of hydrogen-bond donors (Lipinski definition) is 1. The van der Waals surface area contributed by atoms with E-state index in [1.54, 1.807) is 17.6 Å². The highest BCUT2D eigenvalue weighted by molar-refractivity contribution is 7.11. The lowest BCUT2D eigenvalue weighted by Gasteiger charge is -2.23. The van der Waals surface area contributed by atoms with Crippen molar-refractivity contribution in [1.29, 1.82) is 0 Å². The van der Waals surface area contributed by atoms with Crippen LogP contribution in [-0.2, 0) is 4.79 Å². The van der Waals surface area contributed by atoms with Crippen LogP contribution in [0.2, 0.25) is 0 Å². The summed E-state index contributed by atoms with van der Waals surface area (Å²) in [5.74, 6) is -0.326. The van der Waals surface area contributed by atoms with Crippen molar-refractivity contribution in [3.05, 3.63) is 34.7 Å². The SMILES string of the molecule is CC.CCC/C(C(=O)c1nc(OC[C@@H]2CCCN2C)cc(Oc2nccs2)n1)=C(/N)[C@H]1CCCCC1=O. The van der Waals surface area contributed by atoms with E-state index >= 15 is 0 Å². The number of ether oxygens (including phenoxy) is 2. The molecule has 0 amide bonds. The van der Waals surface area contributed by atoms with E-state index in [9.17, 15) is 9.59 Å². The van der Waals surface area contributed by atoms with Gasteiger partial charge in [-0.25, -0.2) is 4.98 Å². The van der Waals surface area contributed by atoms with Crippen molar-refractivity contribution in [2.24, 2.45) is 11.7 Å². The predicted molar refractivity (Wildman–Crippen MR) is 144 cm³/mol. The fourth-order valence-corrected chi connectivity index (χ4v) is 5.14. The van der Waals surface area contributed by atoms with Gasteiger partial charge in [-0.05, 0) is 45.7 Å². The number of allylic oxidation sites excluding steroid dienone is 2. The first-order valence-electron chi connectivity index (χ1n) is 13.3. The maximum atomic E-state index is 13.6. The van der Waals surface area contributed by atoms with E-state index in [0.717, 1.165) is 32.2 Å². The molecule has 2 fully saturated rings. The van der Waals surface area contributed by atoms with Crippen LogP contribution in [-0.4, -0.2) is 57.7 Å². The second-order valence-electron chi connectivity index (χ2n) is 9.13. The number of likely N-dealkylation sites (tertiary alicyclic amines) is 1. The summed E-state index contributed by atoms with van der Waals surface area (Å²) in [7, 11) is 2.07. The summed E-state index contributed by atoms with van der Waals surface area (Å²) in [4.78, 5) is 41.3. The molecule has 1 aliphatic heterocycles. The predicted octanol–water partition coefficient (Wildman–Crippen LogP) is 5.18. The molecule has 0 bridgehead atoms. The van der Waals surface area contributed by atoms with Crippen LogP contribution in [0.4, 0.5) is 0 Å². The number of nitrogens with two attached hydrogens (primary N) is 1. The van der Waals surface area contributed by atoms with Gasteiger partial charge in [-0.15, -0.1) is 0 Å². The van der Waals surface area contributed by atoms with E-state index in [-0.39, 0.29) is 29.4 Å². The number of hydrogen-bond acceptors (Lipinski definition) is 10. The van der Waals surface area contributed by atoms with Gasteiger partial charge in [0.15, 0.2) is 0 Å². The van der Waals surface area contributed by atoms with Crippen molar-refractivity contribution in [3.8, 4) is 17.0 Å². The maximum absolute atomic E-state index is 13.6. The van der Waals surface area contributed by atoms with Crippen molar-refractivity contribution in [2.75, 3.05) is 20.2 Å². The number of carbonyl (C=O) groups is 2. The second kappa shape index (κ2) is 14.2. The van der Waals surface area contributed by atoms with Gasteiger partial charge >= 0.3 is 0 Å². The standard InChI is InChI=1S/C25H33N5O4S.C2H6/c1-3-7-18(22(26)17-9-4-5-10-19(17)31)23(32)24-28-20(33-15-16-8-6-12-30(16)2)14-21(29-24)34-25-27-11-13-35-25;1-2/h11,13-14,16-17H,3-10,12,15,26H2,1-2H3;1-2H3/b22-18-;/t16-,17-;/m0./s1. The highest BCUT2D eigenvalue weighted by Crippen LogP contribution is 2.30. The van der Waals surface area contributed by atoms with Gasteiger partial charge in [-0.2, -0.15) is 9.97 Å². The number of likely N-dealkylation sites (N-methyl/N-ethyl adjacent to an activating group) is 1. The van der Waals surface area contributed by atoms with Gasteiger partial charge in [0.25, 0.3) is 5.19 Å². The minimum absolute atomic E-state index is 0.0523. The van der Waals surface area contributed by atoms with E-state index < -0.39 is 11.7 Å². The average molecular weight is 530 g/mol. The summed E-state index contributed by atoms with van der Waals surface area (Å²) < 4.78 is 11.8. The van der Waals surface area contributed by atoms with E-state index in [4.69, 9.17) is 15.2 Å². The summed E-state index contributed by atoms with van der Waals surface area (Å²) in [6.45, 7) is 7.46. The molecule has 0 aromatic carbocycles. The molecular formula is C27H39N5O4S. The molecule has 0 radical (unpaired) electrons. The van der Waals surface area contributed by atoms with Crippen molar-refractivity contribution in [1.82, 2.24) is 19.9 Å². The number of carbonyl (C=O) groups excluding carboxylic acids is 2. The Kier molecular flexibility index (Phi) is 11.0. The Labute approximate surface area is 223 Å². The van der Waals surface area contributed by atoms with E-state index in [1.807, 2.05) is 20.8 Å². The normalized spacial score (nSPS) is 20.6. The lowest BCUT2D eigenvalue weighted by molar-refractivity contribution is -0.123. The van der Waals surface area contributed by atoms with Crippen LogP contribution in [0.1, 0.15) is 82.8 Å². The van der Waals surface area contributed by atoms with Gasteiger partial charge < -0.3 is 20.1 Å². The van der Waals surface area contributed by atoms with Gasteiger partial charge in [0.1, 0.15) is 12.4 Å². The van der Waals surface area contributed by atoms with Gasteiger partial charge in [0.2, 0.25) is 23.4 Å². The van der Waals surface area contributed by atoms with E-state index in [0.29, 0.717) is 48.8 Å². The highest BCUT2D eigenvalue weighted by atomic mass is 32.1. The Balaban J connectivity index is 0.00000186. The van der Waals surface area contributed by atoms with Crippen molar-refractivity contribution in [2.45, 2.75) is 78.2 Å². The van der Waals surface area contributed by atoms with E-state index in [1.165, 1.54) is 11.3 Å². The van der Waals surface area contributed by atoms with Crippen LogP contribution in [0.5, 0.6) is 17.0 Å². The van der Waals surface area contributed by atoms with E-state index in [2.05, 4.69) is 26.9 Å². The first-order valence-corrected chi connectivity index (χ1v) is 14.2. The molecule has 0 unspecified atom stereocenters. The fraction of sp³-hybridized carbons (Fsp3) is 0.593. The largest absolute Gasteiger partial charge is 0.476 e. The first-order chi connectivity index (χ1) is 18.0. The summed E-state index contributed by atoms with van der Waals surface area (Å²) in [6, 6.07) is 1.86. The third-order valence-corrected chi connectivity index (χ3v) is 7.28. The number of nitrogens with zero attached hydrogens (tertiary/aromatic N) is 4. The lowest BCUT2D eigenvalue weighted by Crippen LogP contribution is -2.31. The quantitative estimate of drug-likeness (QED) is 0.328. The molecule has 1 saturated carbocycles. The zero-order valence-electron chi connectivity index (χ0n) is 22.4. The van der Waals surface area contributed by atoms with Crippen LogP contribution in [0.15, 0.2) is 28.9 Å². The second-order valence-corrected chi connectivity index (χ2v) is 9.99. The van der Waals surface area contributed by atoms with Crippen LogP contribution < -0.4 is 15.2 Å². The molecule has 2 aromatic rings. The summed E-state index contributed by atoms with van der Waals surface area (Å²) in [5.41, 5.74) is 7.21. The Morgan fingerprint density at radius 1 is 1.19 bits per heavy atom. The molecular weight excluding hydrogens is 490 g/mol. The molecule has 1 aliphatic carbocycles. The monoisotopic (exact) mass is 529 g/mol. The smallest absolute Gasteiger partial charge is 0.279 e. The minimum atomic E-state index is -0.419. The van der Waals surface area contributed by atoms with Crippen molar-refractivity contribution < 1.29 is 19.1 Å². The molecule has 2 N–H and O–H groups in total. The average Bonchev–Trinajstić information content (AvgIpc) is 3.58. The lowest BCUT2D eigenvalue weighted by atomic mass is 9.83. The molecule has 2 aliphatic rings. The number of ketones is 2. The zero-order valence-corrected chi connectivity index (χ0v) is 23.2. The third-order valence-electron chi connectivity index (χ3n) is 6.63. The molecule has 37 heavy (non-hydrogen) atoms. The molecule has 9 nitrogen and oxygen atoms in total. The topological polar surface area (TPSA) is 121 Å². The molecule has 2 atom stereocenters. The van der Waals surface area contributed by atoms with Gasteiger partial charge in [-0.1, -0.05) is 44.9 Å². The van der Waals surface area contributed by atoms with Gasteiger partial charge in [0, 0.05) is 35.3 Å². The number of aromatic nitrogens is 3. The molecule has 202 valence electrons. The maximum Gasteiger partial charge on any atom is 0.279 e. The molecule has 10 heteroatoms. The van der Waals surface area contributed by atoms with Crippen LogP contribution in [0.25, 0.3) is 0 Å². The molecule has 0 spiro atoms. The Bertz CT molecular complexity index is 1070. The van der Waals surface area contributed by atoms with Crippen molar-refractivity contribution in [3.63, 3.8) is 0 Å². The highest BCUT2D eigenvalue weighted by Gasteiger charge is 2.30. The molecule has 4 rings (SSSR count).